The van der Waals surface area contributed by atoms with Crippen LogP contribution in [0.5, 0.6) is 0 Å². The van der Waals surface area contributed by atoms with Gasteiger partial charge in [-0.3, -0.25) is 15.5 Å². The minimum Gasteiger partial charge on any atom is -0.396 e. The zero-order chi connectivity index (χ0) is 34.9. The van der Waals surface area contributed by atoms with Crippen LogP contribution in [0.3, 0.4) is 0 Å². The van der Waals surface area contributed by atoms with Crippen molar-refractivity contribution in [2.24, 2.45) is 11.8 Å². The van der Waals surface area contributed by atoms with Crippen molar-refractivity contribution in [1.29, 1.82) is 5.41 Å². The van der Waals surface area contributed by atoms with E-state index >= 15 is 0 Å². The molecule has 3 aromatic rings. The second kappa shape index (κ2) is 14.7. The number of allylic oxidation sites excluding steroid dienone is 5. The van der Waals surface area contributed by atoms with Crippen LogP contribution in [-0.4, -0.2) is 75.0 Å². The van der Waals surface area contributed by atoms with Crippen molar-refractivity contribution in [2.45, 2.75) is 70.1 Å². The fraction of sp³-hybridized carbons (Fsp3) is 0.459. The Bertz CT molecular complexity index is 1800. The normalized spacial score (nSPS) is 24.4. The van der Waals surface area contributed by atoms with Gasteiger partial charge in [-0.25, -0.2) is 23.1 Å². The van der Waals surface area contributed by atoms with Crippen LogP contribution in [0.25, 0.3) is 5.57 Å². The molecule has 7 rings (SSSR count). The maximum absolute atomic E-state index is 14.6. The topological polar surface area (TPSA) is 119 Å². The second-order valence-electron chi connectivity index (χ2n) is 13.9. The van der Waals surface area contributed by atoms with Crippen molar-refractivity contribution in [3.63, 3.8) is 0 Å². The van der Waals surface area contributed by atoms with Crippen molar-refractivity contribution in [3.05, 3.63) is 93.7 Å². The third kappa shape index (κ3) is 7.08. The number of imidazole rings is 1. The number of carbonyl (C=O) groups is 1. The Morgan fingerprint density at radius 1 is 1.16 bits per heavy atom. The quantitative estimate of drug-likeness (QED) is 0.187. The highest BCUT2D eigenvalue weighted by Gasteiger charge is 2.35. The summed E-state index contributed by atoms with van der Waals surface area (Å²) in [5.41, 5.74) is 3.54. The second-order valence-corrected chi connectivity index (χ2v) is 14.8. The average molecular weight is 706 g/mol. The number of piperidine rings is 1. The van der Waals surface area contributed by atoms with Gasteiger partial charge in [0.15, 0.2) is 11.2 Å². The molecular weight excluding hydrogens is 664 g/mol. The van der Waals surface area contributed by atoms with Crippen LogP contribution in [0.1, 0.15) is 67.1 Å². The number of fused-ring (bicyclic) bond motifs is 1. The number of aliphatic hydroxyl groups excluding tert-OH is 1. The van der Waals surface area contributed by atoms with Gasteiger partial charge in [0.2, 0.25) is 0 Å². The molecule has 2 aliphatic heterocycles. The molecule has 0 spiro atoms. The summed E-state index contributed by atoms with van der Waals surface area (Å²) in [5.74, 6) is 1.05. The predicted octanol–water partition coefficient (Wildman–Crippen LogP) is 6.28. The minimum atomic E-state index is -2.88. The van der Waals surface area contributed by atoms with E-state index in [1.807, 2.05) is 12.1 Å². The van der Waals surface area contributed by atoms with E-state index < -0.39 is 24.5 Å². The molecule has 9 nitrogen and oxygen atoms in total. The van der Waals surface area contributed by atoms with Gasteiger partial charge in [0.25, 0.3) is 12.3 Å². The molecule has 1 saturated heterocycles. The highest BCUT2D eigenvalue weighted by Crippen LogP contribution is 2.43. The maximum atomic E-state index is 14.6. The lowest BCUT2D eigenvalue weighted by Crippen LogP contribution is -2.40. The lowest BCUT2D eigenvalue weighted by molar-refractivity contribution is -0.118. The molecule has 1 aromatic carbocycles. The van der Waals surface area contributed by atoms with Gasteiger partial charge >= 0.3 is 0 Å². The fourth-order valence-corrected chi connectivity index (χ4v) is 8.24. The number of carbonyl (C=O) groups excluding carboxylic acids is 1. The van der Waals surface area contributed by atoms with Crippen LogP contribution in [0.4, 0.5) is 18.3 Å². The van der Waals surface area contributed by atoms with Crippen LogP contribution in [0, 0.1) is 17.2 Å². The molecular formula is C37H42F3N7O2S. The number of anilines is 1. The van der Waals surface area contributed by atoms with Gasteiger partial charge < -0.3 is 19.9 Å². The van der Waals surface area contributed by atoms with Gasteiger partial charge in [0.05, 0.1) is 24.3 Å². The van der Waals surface area contributed by atoms with Gasteiger partial charge in [0, 0.05) is 54.2 Å². The molecule has 1 amide bonds. The summed E-state index contributed by atoms with van der Waals surface area (Å²) in [6.45, 7) is 5.38. The van der Waals surface area contributed by atoms with E-state index in [9.17, 15) is 23.1 Å². The molecule has 2 atom stereocenters. The van der Waals surface area contributed by atoms with E-state index in [4.69, 9.17) is 5.41 Å². The molecule has 2 fully saturated rings. The number of amides is 1. The Kier molecular flexibility index (Phi) is 10.1. The molecule has 0 bridgehead atoms. The number of alkyl halides is 3. The first kappa shape index (κ1) is 34.4. The number of hydrogen-bond acceptors (Lipinski definition) is 8. The van der Waals surface area contributed by atoms with Crippen LogP contribution in [-0.2, 0) is 17.8 Å². The lowest BCUT2D eigenvalue weighted by Gasteiger charge is -2.41. The summed E-state index contributed by atoms with van der Waals surface area (Å²) in [7, 11) is 0. The fourth-order valence-electron chi connectivity index (χ4n) is 7.71. The van der Waals surface area contributed by atoms with Gasteiger partial charge in [-0.05, 0) is 91.8 Å². The predicted molar refractivity (Wildman–Crippen MR) is 188 cm³/mol. The van der Waals surface area contributed by atoms with Gasteiger partial charge in [-0.1, -0.05) is 24.3 Å². The van der Waals surface area contributed by atoms with E-state index in [2.05, 4.69) is 37.6 Å². The monoisotopic (exact) mass is 705 g/mol. The van der Waals surface area contributed by atoms with Gasteiger partial charge in [-0.15, -0.1) is 11.3 Å². The smallest absolute Gasteiger partial charge is 0.264 e. The summed E-state index contributed by atoms with van der Waals surface area (Å²) in [6.07, 6.45) is 6.24. The Labute approximate surface area is 293 Å². The van der Waals surface area contributed by atoms with E-state index in [0.717, 1.165) is 50.9 Å². The standard InChI is InChI=1S/C37H42F3N7O2S/c1-21-28(25-4-2-24(3-5-25)26-12-23(13-26)17-46-9-6-22(19-48)7-10-46)15-29(35(39)40)30(32(21)41)16-43-34(36(49)45-37-42-8-11-50-37)33-31-14-27(38)18-47(31)20-44-33/h2-5,8,11,15-16,20,22-23,26-27,34-35,41,43,48H,6-7,9-10,12-14,17-19H2,1H3,(H,42,45,49)/b30-16-,41-32?/t23?,26?,27-,34?/m1/s1. The molecule has 4 aliphatic rings. The number of aromatic nitrogens is 3. The third-order valence-corrected chi connectivity index (χ3v) is 11.4. The maximum Gasteiger partial charge on any atom is 0.264 e. The Morgan fingerprint density at radius 3 is 2.60 bits per heavy atom. The number of likely N-dealkylation sites (tertiary alicyclic amines) is 1. The van der Waals surface area contributed by atoms with Crippen molar-refractivity contribution in [3.8, 4) is 0 Å². The number of thiazole rings is 1. The Morgan fingerprint density at radius 2 is 1.92 bits per heavy atom. The summed E-state index contributed by atoms with van der Waals surface area (Å²) in [5, 5.41) is 26.1. The van der Waals surface area contributed by atoms with Gasteiger partial charge in [-0.2, -0.15) is 0 Å². The summed E-state index contributed by atoms with van der Waals surface area (Å²) in [4.78, 5) is 24.5. The van der Waals surface area contributed by atoms with E-state index in [-0.39, 0.29) is 36.4 Å². The number of aliphatic hydroxyl groups is 1. The molecule has 264 valence electrons. The first-order chi connectivity index (χ1) is 24.2. The highest BCUT2D eigenvalue weighted by atomic mass is 32.1. The molecule has 1 unspecified atom stereocenters. The number of nitrogens with one attached hydrogen (secondary N) is 3. The number of rotatable bonds is 11. The van der Waals surface area contributed by atoms with E-state index in [1.165, 1.54) is 35.5 Å². The van der Waals surface area contributed by atoms with Gasteiger partial charge in [0.1, 0.15) is 6.17 Å². The van der Waals surface area contributed by atoms with Crippen LogP contribution >= 0.6 is 11.3 Å². The number of nitrogens with zero attached hydrogens (tertiary/aromatic N) is 4. The molecule has 50 heavy (non-hydrogen) atoms. The SMILES string of the molecule is CC1=C(c2ccc(C3CC(CN4CCC(CO)CC4)C3)cc2)C=C(C(F)F)/C(=C/NC(C(=O)Nc2nccs2)c2ncn3c2C[C@@H](F)C3)C1=N. The van der Waals surface area contributed by atoms with Crippen LogP contribution in [0.2, 0.25) is 0 Å². The molecule has 2 aliphatic carbocycles. The molecule has 0 radical (unpaired) electrons. The van der Waals surface area contributed by atoms with Crippen LogP contribution < -0.4 is 10.6 Å². The molecule has 1 saturated carbocycles. The lowest BCUT2D eigenvalue weighted by atomic mass is 9.71. The zero-order valence-electron chi connectivity index (χ0n) is 27.9. The Hall–Kier alpha value is -4.07. The summed E-state index contributed by atoms with van der Waals surface area (Å²) < 4.78 is 45.2. The van der Waals surface area contributed by atoms with Crippen molar-refractivity contribution >= 4 is 33.7 Å². The van der Waals surface area contributed by atoms with Crippen molar-refractivity contribution < 1.29 is 23.1 Å². The molecule has 2 aromatic heterocycles. The largest absolute Gasteiger partial charge is 0.396 e. The first-order valence-corrected chi connectivity index (χ1v) is 18.1. The van der Waals surface area contributed by atoms with E-state index in [1.54, 1.807) is 23.1 Å². The number of hydrogen-bond donors (Lipinski definition) is 4. The van der Waals surface area contributed by atoms with Crippen LogP contribution in [0.15, 0.2) is 71.2 Å². The number of halogens is 3. The third-order valence-electron chi connectivity index (χ3n) is 10.7. The van der Waals surface area contributed by atoms with E-state index in [0.29, 0.717) is 45.4 Å². The molecule has 13 heteroatoms. The Balaban J connectivity index is 1.06. The molecule has 4 N–H and O–H groups in total. The molecule has 4 heterocycles. The average Bonchev–Trinajstić information content (AvgIpc) is 3.83. The van der Waals surface area contributed by atoms with Crippen molar-refractivity contribution in [2.75, 3.05) is 31.6 Å². The minimum absolute atomic E-state index is 0.0229. The summed E-state index contributed by atoms with van der Waals surface area (Å²) in [6, 6.07) is 6.93. The highest BCUT2D eigenvalue weighted by molar-refractivity contribution is 7.13. The first-order valence-electron chi connectivity index (χ1n) is 17.3. The number of benzene rings is 1. The zero-order valence-corrected chi connectivity index (χ0v) is 28.7. The van der Waals surface area contributed by atoms with Crippen molar-refractivity contribution in [1.82, 2.24) is 24.8 Å². The summed E-state index contributed by atoms with van der Waals surface area (Å²) >= 11 is 1.23.